The number of fused-ring (bicyclic) bond motifs is 1. The van der Waals surface area contributed by atoms with Crippen LogP contribution in [0.3, 0.4) is 0 Å². The average Bonchev–Trinajstić information content (AvgIpc) is 2.80. The Bertz CT molecular complexity index is 854. The van der Waals surface area contributed by atoms with Gasteiger partial charge in [-0.1, -0.05) is 34.1 Å². The van der Waals surface area contributed by atoms with E-state index in [9.17, 15) is 4.79 Å². The van der Waals surface area contributed by atoms with Crippen LogP contribution in [0.5, 0.6) is 0 Å². The minimum atomic E-state index is -0.252. The van der Waals surface area contributed by atoms with Crippen LogP contribution in [-0.2, 0) is 7.05 Å². The van der Waals surface area contributed by atoms with E-state index in [2.05, 4.69) is 26.6 Å². The fraction of sp³-hybridized carbons (Fsp3) is 0.118. The lowest BCUT2D eigenvalue weighted by atomic mass is 10.2. The van der Waals surface area contributed by atoms with Gasteiger partial charge in [-0.05, 0) is 36.8 Å². The molecule has 0 saturated carbocycles. The minimum absolute atomic E-state index is 0.252. The first kappa shape index (κ1) is 14.7. The molecule has 4 nitrogen and oxygen atoms in total. The van der Waals surface area contributed by atoms with Gasteiger partial charge in [-0.25, -0.2) is 4.79 Å². The summed E-state index contributed by atoms with van der Waals surface area (Å²) in [6.07, 6.45) is 1.91. The van der Waals surface area contributed by atoms with Crippen LogP contribution < -0.4 is 10.6 Å². The molecule has 0 saturated heterocycles. The number of benzene rings is 2. The first-order valence-corrected chi connectivity index (χ1v) is 7.72. The summed E-state index contributed by atoms with van der Waals surface area (Å²) in [6.45, 7) is 1.98. The molecule has 1 heterocycles. The summed E-state index contributed by atoms with van der Waals surface area (Å²) >= 11 is 3.45. The monoisotopic (exact) mass is 357 g/mol. The number of carbonyl (C=O) groups is 1. The largest absolute Gasteiger partial charge is 0.348 e. The van der Waals surface area contributed by atoms with Crippen molar-refractivity contribution in [2.45, 2.75) is 6.92 Å². The second kappa shape index (κ2) is 5.85. The Kier molecular flexibility index (Phi) is 3.90. The molecule has 2 N–H and O–H groups in total. The van der Waals surface area contributed by atoms with E-state index >= 15 is 0 Å². The highest BCUT2D eigenvalue weighted by Gasteiger charge is 2.09. The fourth-order valence-electron chi connectivity index (χ4n) is 2.45. The topological polar surface area (TPSA) is 46.1 Å². The van der Waals surface area contributed by atoms with Crippen LogP contribution in [0.4, 0.5) is 16.2 Å². The molecule has 1 aromatic heterocycles. The molecule has 22 heavy (non-hydrogen) atoms. The number of halogens is 1. The summed E-state index contributed by atoms with van der Waals surface area (Å²) in [6, 6.07) is 13.4. The zero-order chi connectivity index (χ0) is 15.7. The van der Waals surface area contributed by atoms with Crippen molar-refractivity contribution in [2.75, 3.05) is 10.6 Å². The van der Waals surface area contributed by atoms with Gasteiger partial charge in [0.05, 0.1) is 5.69 Å². The first-order chi connectivity index (χ1) is 10.5. The third kappa shape index (κ3) is 2.85. The van der Waals surface area contributed by atoms with E-state index in [1.54, 1.807) is 0 Å². The summed E-state index contributed by atoms with van der Waals surface area (Å²) in [7, 11) is 1.96. The Morgan fingerprint density at radius 3 is 2.68 bits per heavy atom. The van der Waals surface area contributed by atoms with Gasteiger partial charge in [-0.3, -0.25) is 0 Å². The van der Waals surface area contributed by atoms with Gasteiger partial charge in [0.25, 0.3) is 0 Å². The number of hydrogen-bond acceptors (Lipinski definition) is 1. The van der Waals surface area contributed by atoms with Crippen LogP contribution in [0.1, 0.15) is 5.56 Å². The maximum atomic E-state index is 12.2. The Balaban J connectivity index is 1.80. The van der Waals surface area contributed by atoms with E-state index in [1.807, 2.05) is 67.2 Å². The predicted molar refractivity (Wildman–Crippen MR) is 94.4 cm³/mol. The van der Waals surface area contributed by atoms with Crippen molar-refractivity contribution in [1.29, 1.82) is 0 Å². The number of rotatable bonds is 2. The van der Waals surface area contributed by atoms with Crippen LogP contribution in [-0.4, -0.2) is 10.6 Å². The van der Waals surface area contributed by atoms with Crippen molar-refractivity contribution in [3.63, 3.8) is 0 Å². The van der Waals surface area contributed by atoms with E-state index in [1.165, 1.54) is 0 Å². The molecule has 0 bridgehead atoms. The SMILES string of the molecule is Cc1cc(NC(=O)Nc2cn(C)c3ccccc23)ccc1Br. The zero-order valence-electron chi connectivity index (χ0n) is 12.4. The van der Waals surface area contributed by atoms with E-state index in [4.69, 9.17) is 0 Å². The van der Waals surface area contributed by atoms with Crippen molar-refractivity contribution < 1.29 is 4.79 Å². The van der Waals surface area contributed by atoms with Gasteiger partial charge < -0.3 is 15.2 Å². The van der Waals surface area contributed by atoms with Crippen molar-refractivity contribution >= 4 is 44.2 Å². The number of urea groups is 1. The Labute approximate surface area is 137 Å². The molecule has 2 amide bonds. The summed E-state index contributed by atoms with van der Waals surface area (Å²) < 4.78 is 3.02. The molecule has 0 fully saturated rings. The van der Waals surface area contributed by atoms with Gasteiger partial charge in [-0.15, -0.1) is 0 Å². The molecule has 0 radical (unpaired) electrons. The van der Waals surface area contributed by atoms with Gasteiger partial charge in [0.1, 0.15) is 0 Å². The number of aromatic nitrogens is 1. The van der Waals surface area contributed by atoms with Crippen LogP contribution in [0.2, 0.25) is 0 Å². The molecule has 3 rings (SSSR count). The molecule has 3 aromatic rings. The summed E-state index contributed by atoms with van der Waals surface area (Å²) in [5.74, 6) is 0. The number of para-hydroxylation sites is 1. The quantitative estimate of drug-likeness (QED) is 0.673. The highest BCUT2D eigenvalue weighted by atomic mass is 79.9. The van der Waals surface area contributed by atoms with E-state index in [0.717, 1.165) is 32.3 Å². The molecule has 0 aliphatic rings. The van der Waals surface area contributed by atoms with Crippen molar-refractivity contribution in [3.8, 4) is 0 Å². The van der Waals surface area contributed by atoms with E-state index in [-0.39, 0.29) is 6.03 Å². The van der Waals surface area contributed by atoms with Gasteiger partial charge in [0.2, 0.25) is 0 Å². The molecular weight excluding hydrogens is 342 g/mol. The summed E-state index contributed by atoms with van der Waals surface area (Å²) in [5.41, 5.74) is 3.71. The van der Waals surface area contributed by atoms with Crippen molar-refractivity contribution in [1.82, 2.24) is 4.57 Å². The number of carbonyl (C=O) groups excluding carboxylic acids is 1. The number of anilines is 2. The second-order valence-corrected chi connectivity index (χ2v) is 6.07. The Morgan fingerprint density at radius 2 is 1.91 bits per heavy atom. The molecule has 0 unspecified atom stereocenters. The maximum Gasteiger partial charge on any atom is 0.323 e. The molecule has 0 atom stereocenters. The normalized spacial score (nSPS) is 10.7. The Morgan fingerprint density at radius 1 is 1.14 bits per heavy atom. The highest BCUT2D eigenvalue weighted by molar-refractivity contribution is 9.10. The first-order valence-electron chi connectivity index (χ1n) is 6.93. The molecule has 5 heteroatoms. The number of nitrogens with zero attached hydrogens (tertiary/aromatic N) is 1. The standard InChI is InChI=1S/C17H16BrN3O/c1-11-9-12(7-8-14(11)18)19-17(22)20-15-10-21(2)16-6-4-3-5-13(15)16/h3-10H,1-2H3,(H2,19,20,22). The number of amides is 2. The average molecular weight is 358 g/mol. The summed E-state index contributed by atoms with van der Waals surface area (Å²) in [5, 5.41) is 6.78. The van der Waals surface area contributed by atoms with E-state index < -0.39 is 0 Å². The fourth-order valence-corrected chi connectivity index (χ4v) is 2.70. The lowest BCUT2D eigenvalue weighted by Crippen LogP contribution is -2.19. The van der Waals surface area contributed by atoms with Gasteiger partial charge in [-0.2, -0.15) is 0 Å². The van der Waals surface area contributed by atoms with E-state index in [0.29, 0.717) is 0 Å². The molecule has 2 aromatic carbocycles. The van der Waals surface area contributed by atoms with Crippen molar-refractivity contribution in [3.05, 3.63) is 58.7 Å². The van der Waals surface area contributed by atoms with Gasteiger partial charge in [0.15, 0.2) is 0 Å². The molecule has 0 aliphatic heterocycles. The molecule has 112 valence electrons. The number of nitrogens with one attached hydrogen (secondary N) is 2. The van der Waals surface area contributed by atoms with Crippen LogP contribution in [0.15, 0.2) is 53.1 Å². The van der Waals surface area contributed by atoms with Crippen LogP contribution in [0, 0.1) is 6.92 Å². The summed E-state index contributed by atoms with van der Waals surface area (Å²) in [4.78, 5) is 12.2. The number of aryl methyl sites for hydroxylation is 2. The minimum Gasteiger partial charge on any atom is -0.348 e. The third-order valence-corrected chi connectivity index (χ3v) is 4.45. The van der Waals surface area contributed by atoms with Gasteiger partial charge in [0, 0.05) is 34.3 Å². The highest BCUT2D eigenvalue weighted by Crippen LogP contribution is 2.25. The molecular formula is C17H16BrN3O. The lowest BCUT2D eigenvalue weighted by Gasteiger charge is -2.08. The van der Waals surface area contributed by atoms with Crippen LogP contribution >= 0.6 is 15.9 Å². The van der Waals surface area contributed by atoms with Gasteiger partial charge >= 0.3 is 6.03 Å². The maximum absolute atomic E-state index is 12.2. The predicted octanol–water partition coefficient (Wildman–Crippen LogP) is 4.89. The Hall–Kier alpha value is -2.27. The van der Waals surface area contributed by atoms with Crippen molar-refractivity contribution in [2.24, 2.45) is 7.05 Å². The lowest BCUT2D eigenvalue weighted by molar-refractivity contribution is 0.262. The third-order valence-electron chi connectivity index (χ3n) is 3.56. The zero-order valence-corrected chi connectivity index (χ0v) is 13.9. The molecule has 0 spiro atoms. The van der Waals surface area contributed by atoms with Crippen LogP contribution in [0.25, 0.3) is 10.9 Å². The molecule has 0 aliphatic carbocycles. The number of hydrogen-bond donors (Lipinski definition) is 2. The smallest absolute Gasteiger partial charge is 0.323 e. The second-order valence-electron chi connectivity index (χ2n) is 5.21.